The third kappa shape index (κ3) is 4.30. The van der Waals surface area contributed by atoms with Gasteiger partial charge in [0, 0.05) is 10.6 Å². The molecule has 0 aliphatic heterocycles. The van der Waals surface area contributed by atoms with Crippen molar-refractivity contribution in [3.05, 3.63) is 33.8 Å². The summed E-state index contributed by atoms with van der Waals surface area (Å²) in [4.78, 5) is 14.2. The van der Waals surface area contributed by atoms with Gasteiger partial charge >= 0.3 is 0 Å². The summed E-state index contributed by atoms with van der Waals surface area (Å²) in [5.41, 5.74) is 0.508. The first-order chi connectivity index (χ1) is 8.08. The Morgan fingerprint density at radius 2 is 2.00 bits per heavy atom. The van der Waals surface area contributed by atoms with Gasteiger partial charge in [-0.15, -0.1) is 0 Å². The number of Topliss-reactive ketones (excluding diaryl/α,β-unsaturated/α-hetero) is 1. The Labute approximate surface area is 113 Å². The number of nitrogens with zero attached hydrogens (tertiary/aromatic N) is 1. The number of hydrogen-bond donors (Lipinski definition) is 0. The Bertz CT molecular complexity index is 393. The number of carbonyl (C=O) groups is 1. The van der Waals surface area contributed by atoms with E-state index in [1.807, 2.05) is 6.92 Å². The molecule has 2 nitrogen and oxygen atoms in total. The molecule has 0 aromatic heterocycles. The normalized spacial score (nSPS) is 10.9. The molecule has 0 saturated heterocycles. The van der Waals surface area contributed by atoms with Crippen LogP contribution in [0.5, 0.6) is 0 Å². The molecular formula is C13H17Cl2NO. The highest BCUT2D eigenvalue weighted by Gasteiger charge is 2.14. The molecular weight excluding hydrogens is 257 g/mol. The SMILES string of the molecule is CCCN(CC)CC(=O)c1cc(Cl)ccc1Cl. The van der Waals surface area contributed by atoms with Crippen LogP contribution in [0.2, 0.25) is 10.0 Å². The lowest BCUT2D eigenvalue weighted by Crippen LogP contribution is -2.30. The lowest BCUT2D eigenvalue weighted by Gasteiger charge is -2.18. The van der Waals surface area contributed by atoms with Crippen molar-refractivity contribution in [1.82, 2.24) is 4.90 Å². The first kappa shape index (κ1) is 14.5. The van der Waals surface area contributed by atoms with Crippen molar-refractivity contribution in [3.8, 4) is 0 Å². The molecule has 0 aliphatic rings. The molecule has 0 amide bonds. The van der Waals surface area contributed by atoms with E-state index >= 15 is 0 Å². The van der Waals surface area contributed by atoms with Gasteiger partial charge in [-0.1, -0.05) is 37.0 Å². The zero-order chi connectivity index (χ0) is 12.8. The third-order valence-corrected chi connectivity index (χ3v) is 3.15. The molecule has 0 aliphatic carbocycles. The Balaban J connectivity index is 2.78. The molecule has 94 valence electrons. The Hall–Kier alpha value is -0.570. The van der Waals surface area contributed by atoms with E-state index in [0.717, 1.165) is 19.5 Å². The summed E-state index contributed by atoms with van der Waals surface area (Å²) in [6.45, 7) is 6.31. The number of ketones is 1. The maximum Gasteiger partial charge on any atom is 0.178 e. The average molecular weight is 274 g/mol. The number of likely N-dealkylation sites (N-methyl/N-ethyl adjacent to an activating group) is 1. The van der Waals surface area contributed by atoms with Crippen LogP contribution in [-0.4, -0.2) is 30.3 Å². The molecule has 1 rings (SSSR count). The minimum Gasteiger partial charge on any atom is -0.296 e. The molecule has 0 heterocycles. The highest BCUT2D eigenvalue weighted by Crippen LogP contribution is 2.21. The second kappa shape index (κ2) is 7.00. The van der Waals surface area contributed by atoms with Gasteiger partial charge in [-0.2, -0.15) is 0 Å². The Morgan fingerprint density at radius 1 is 1.29 bits per heavy atom. The molecule has 0 spiro atoms. The lowest BCUT2D eigenvalue weighted by molar-refractivity contribution is 0.0934. The highest BCUT2D eigenvalue weighted by atomic mass is 35.5. The van der Waals surface area contributed by atoms with E-state index in [0.29, 0.717) is 22.2 Å². The maximum atomic E-state index is 12.1. The molecule has 1 aromatic rings. The van der Waals surface area contributed by atoms with Crippen LogP contribution in [0.4, 0.5) is 0 Å². The molecule has 4 heteroatoms. The topological polar surface area (TPSA) is 20.3 Å². The molecule has 1 aromatic carbocycles. The van der Waals surface area contributed by atoms with E-state index in [9.17, 15) is 4.79 Å². The summed E-state index contributed by atoms with van der Waals surface area (Å²) in [5.74, 6) is 0.0211. The Morgan fingerprint density at radius 3 is 2.59 bits per heavy atom. The fourth-order valence-corrected chi connectivity index (χ4v) is 2.06. The number of rotatable bonds is 6. The van der Waals surface area contributed by atoms with Gasteiger partial charge in [0.2, 0.25) is 0 Å². The van der Waals surface area contributed by atoms with Gasteiger partial charge in [0.05, 0.1) is 11.6 Å². The lowest BCUT2D eigenvalue weighted by atomic mass is 10.1. The van der Waals surface area contributed by atoms with Crippen LogP contribution in [-0.2, 0) is 0 Å². The number of halogens is 2. The Kier molecular flexibility index (Phi) is 5.96. The van der Waals surface area contributed by atoms with Gasteiger partial charge in [-0.25, -0.2) is 0 Å². The zero-order valence-corrected chi connectivity index (χ0v) is 11.7. The molecule has 0 radical (unpaired) electrons. The first-order valence-corrected chi connectivity index (χ1v) is 6.54. The molecule has 17 heavy (non-hydrogen) atoms. The summed E-state index contributed by atoms with van der Waals surface area (Å²) in [6, 6.07) is 4.98. The number of hydrogen-bond acceptors (Lipinski definition) is 2. The van der Waals surface area contributed by atoms with Gasteiger partial charge < -0.3 is 0 Å². The smallest absolute Gasteiger partial charge is 0.178 e. The minimum atomic E-state index is 0.0211. The van der Waals surface area contributed by atoms with Crippen molar-refractivity contribution in [3.63, 3.8) is 0 Å². The van der Waals surface area contributed by atoms with Crippen molar-refractivity contribution in [2.75, 3.05) is 19.6 Å². The highest BCUT2D eigenvalue weighted by molar-refractivity contribution is 6.36. The van der Waals surface area contributed by atoms with Gasteiger partial charge in [0.25, 0.3) is 0 Å². The zero-order valence-electron chi connectivity index (χ0n) is 10.2. The molecule has 0 atom stereocenters. The van der Waals surface area contributed by atoms with Crippen molar-refractivity contribution < 1.29 is 4.79 Å². The summed E-state index contributed by atoms with van der Waals surface area (Å²) >= 11 is 11.9. The van der Waals surface area contributed by atoms with Gasteiger partial charge in [-0.3, -0.25) is 9.69 Å². The fraction of sp³-hybridized carbons (Fsp3) is 0.462. The van der Waals surface area contributed by atoms with Crippen molar-refractivity contribution in [2.24, 2.45) is 0 Å². The van der Waals surface area contributed by atoms with E-state index in [-0.39, 0.29) is 5.78 Å². The molecule has 0 saturated carbocycles. The maximum absolute atomic E-state index is 12.1. The minimum absolute atomic E-state index is 0.0211. The predicted octanol–water partition coefficient (Wildman–Crippen LogP) is 3.91. The van der Waals surface area contributed by atoms with E-state index in [1.165, 1.54) is 0 Å². The largest absolute Gasteiger partial charge is 0.296 e. The first-order valence-electron chi connectivity index (χ1n) is 5.79. The molecule has 0 fully saturated rings. The van der Waals surface area contributed by atoms with Crippen molar-refractivity contribution in [2.45, 2.75) is 20.3 Å². The van der Waals surface area contributed by atoms with Crippen LogP contribution >= 0.6 is 23.2 Å². The van der Waals surface area contributed by atoms with Crippen molar-refractivity contribution in [1.29, 1.82) is 0 Å². The van der Waals surface area contributed by atoms with E-state index < -0.39 is 0 Å². The quantitative estimate of drug-likeness (QED) is 0.733. The average Bonchev–Trinajstić information content (AvgIpc) is 2.31. The van der Waals surface area contributed by atoms with Gasteiger partial charge in [-0.05, 0) is 37.7 Å². The predicted molar refractivity (Wildman–Crippen MR) is 73.2 cm³/mol. The van der Waals surface area contributed by atoms with Crippen molar-refractivity contribution >= 4 is 29.0 Å². The van der Waals surface area contributed by atoms with Crippen LogP contribution in [0.15, 0.2) is 18.2 Å². The van der Waals surface area contributed by atoms with Crippen LogP contribution in [0.25, 0.3) is 0 Å². The van der Waals surface area contributed by atoms with Crippen LogP contribution in [0.1, 0.15) is 30.6 Å². The number of carbonyl (C=O) groups excluding carboxylic acids is 1. The van der Waals surface area contributed by atoms with Crippen LogP contribution < -0.4 is 0 Å². The van der Waals surface area contributed by atoms with Crippen LogP contribution in [0, 0.1) is 0 Å². The fourth-order valence-electron chi connectivity index (χ4n) is 1.66. The van der Waals surface area contributed by atoms with E-state index in [1.54, 1.807) is 18.2 Å². The molecule has 0 N–H and O–H groups in total. The third-order valence-electron chi connectivity index (χ3n) is 2.58. The molecule has 0 bridgehead atoms. The summed E-state index contributed by atoms with van der Waals surface area (Å²) in [5, 5.41) is 1.00. The number of benzene rings is 1. The second-order valence-corrected chi connectivity index (χ2v) is 4.76. The summed E-state index contributed by atoms with van der Waals surface area (Å²) in [7, 11) is 0. The van der Waals surface area contributed by atoms with Gasteiger partial charge in [0.1, 0.15) is 0 Å². The van der Waals surface area contributed by atoms with E-state index in [4.69, 9.17) is 23.2 Å². The monoisotopic (exact) mass is 273 g/mol. The van der Waals surface area contributed by atoms with Gasteiger partial charge in [0.15, 0.2) is 5.78 Å². The van der Waals surface area contributed by atoms with Crippen LogP contribution in [0.3, 0.4) is 0 Å². The standard InChI is InChI=1S/C13H17Cl2NO/c1-3-7-16(4-2)9-13(17)11-8-10(14)5-6-12(11)15/h5-6,8H,3-4,7,9H2,1-2H3. The summed E-state index contributed by atoms with van der Waals surface area (Å²) < 4.78 is 0. The molecule has 0 unspecified atom stereocenters. The van der Waals surface area contributed by atoms with E-state index in [2.05, 4.69) is 11.8 Å². The summed E-state index contributed by atoms with van der Waals surface area (Å²) in [6.07, 6.45) is 1.03. The second-order valence-electron chi connectivity index (χ2n) is 3.92.